The fourth-order valence-electron chi connectivity index (χ4n) is 2.64. The molecule has 0 heterocycles. The number of aliphatic hydroxyl groups excluding tert-OH is 1. The number of carbonyl (C=O) groups is 1. The number of aromatic hydroxyl groups is 2. The van der Waals surface area contributed by atoms with Crippen LogP contribution < -0.4 is 0 Å². The van der Waals surface area contributed by atoms with E-state index in [2.05, 4.69) is 0 Å². The lowest BCUT2D eigenvalue weighted by Crippen LogP contribution is -2.37. The number of benzene rings is 2. The number of carbonyl (C=O) groups excluding carboxylic acids is 1. The molecule has 0 aliphatic rings. The minimum Gasteiger partial charge on any atom is -0.504 e. The van der Waals surface area contributed by atoms with Gasteiger partial charge in [0.2, 0.25) is 5.91 Å². The Kier molecular flexibility index (Phi) is 6.21. The standard InChI is InChI=1S/C19H23NO4/c1-14(11-16-7-8-17(22)18(23)12-16)19(24)20(9-10-21)13-15-5-3-2-4-6-15/h2-8,12,14,21-23H,9-11,13H2,1H3. The summed E-state index contributed by atoms with van der Waals surface area (Å²) in [5.41, 5.74) is 1.78. The lowest BCUT2D eigenvalue weighted by Gasteiger charge is -2.25. The first kappa shape index (κ1) is 17.8. The Hall–Kier alpha value is -2.53. The molecule has 1 amide bonds. The fourth-order valence-corrected chi connectivity index (χ4v) is 2.64. The molecule has 0 aliphatic heterocycles. The van der Waals surface area contributed by atoms with Crippen LogP contribution in [0.3, 0.4) is 0 Å². The Balaban J connectivity index is 2.06. The Bertz CT molecular complexity index is 672. The zero-order valence-electron chi connectivity index (χ0n) is 13.7. The van der Waals surface area contributed by atoms with Crippen LogP contribution in [0.4, 0.5) is 0 Å². The fraction of sp³-hybridized carbons (Fsp3) is 0.316. The van der Waals surface area contributed by atoms with Crippen molar-refractivity contribution in [1.82, 2.24) is 4.90 Å². The molecule has 2 rings (SSSR count). The van der Waals surface area contributed by atoms with Crippen molar-refractivity contribution in [3.63, 3.8) is 0 Å². The second kappa shape index (κ2) is 8.36. The number of nitrogens with zero attached hydrogens (tertiary/aromatic N) is 1. The first-order chi connectivity index (χ1) is 11.5. The number of phenolic OH excluding ortho intramolecular Hbond substituents is 2. The molecule has 0 bridgehead atoms. The van der Waals surface area contributed by atoms with Crippen LogP contribution in [-0.4, -0.2) is 39.3 Å². The van der Waals surface area contributed by atoms with Gasteiger partial charge in [0.05, 0.1) is 6.61 Å². The van der Waals surface area contributed by atoms with Gasteiger partial charge in [-0.2, -0.15) is 0 Å². The predicted octanol–water partition coefficient (Wildman–Crippen LogP) is 2.30. The number of amides is 1. The summed E-state index contributed by atoms with van der Waals surface area (Å²) >= 11 is 0. The minimum atomic E-state index is -0.302. The molecule has 5 nitrogen and oxygen atoms in total. The van der Waals surface area contributed by atoms with Crippen molar-refractivity contribution < 1.29 is 20.1 Å². The molecular formula is C19H23NO4. The molecule has 0 saturated carbocycles. The molecule has 0 spiro atoms. The van der Waals surface area contributed by atoms with E-state index in [4.69, 9.17) is 0 Å². The van der Waals surface area contributed by atoms with E-state index < -0.39 is 0 Å². The van der Waals surface area contributed by atoms with Crippen molar-refractivity contribution in [3.05, 3.63) is 59.7 Å². The summed E-state index contributed by atoms with van der Waals surface area (Å²) in [5, 5.41) is 28.2. The van der Waals surface area contributed by atoms with Crippen LogP contribution in [0.15, 0.2) is 48.5 Å². The highest BCUT2D eigenvalue weighted by atomic mass is 16.3. The van der Waals surface area contributed by atoms with Crippen molar-refractivity contribution in [3.8, 4) is 11.5 Å². The van der Waals surface area contributed by atoms with E-state index in [0.29, 0.717) is 13.0 Å². The zero-order valence-corrected chi connectivity index (χ0v) is 13.7. The maximum atomic E-state index is 12.7. The average Bonchev–Trinajstić information content (AvgIpc) is 2.58. The van der Waals surface area contributed by atoms with Crippen molar-refractivity contribution in [2.75, 3.05) is 13.2 Å². The van der Waals surface area contributed by atoms with Crippen molar-refractivity contribution >= 4 is 5.91 Å². The SMILES string of the molecule is CC(Cc1ccc(O)c(O)c1)C(=O)N(CCO)Cc1ccccc1. The molecule has 1 unspecified atom stereocenters. The number of aliphatic hydroxyl groups is 1. The first-order valence-electron chi connectivity index (χ1n) is 7.95. The average molecular weight is 329 g/mol. The Morgan fingerprint density at radius 1 is 1.04 bits per heavy atom. The van der Waals surface area contributed by atoms with Crippen LogP contribution in [0.2, 0.25) is 0 Å². The summed E-state index contributed by atoms with van der Waals surface area (Å²) in [7, 11) is 0. The summed E-state index contributed by atoms with van der Waals surface area (Å²) < 4.78 is 0. The highest BCUT2D eigenvalue weighted by molar-refractivity contribution is 5.78. The number of hydrogen-bond acceptors (Lipinski definition) is 4. The van der Waals surface area contributed by atoms with Crippen molar-refractivity contribution in [2.45, 2.75) is 19.9 Å². The summed E-state index contributed by atoms with van der Waals surface area (Å²) in [5.74, 6) is -0.725. The maximum Gasteiger partial charge on any atom is 0.226 e. The van der Waals surface area contributed by atoms with E-state index in [9.17, 15) is 20.1 Å². The van der Waals surface area contributed by atoms with Gasteiger partial charge in [-0.3, -0.25) is 4.79 Å². The second-order valence-corrected chi connectivity index (χ2v) is 5.90. The van der Waals surface area contributed by atoms with Gasteiger partial charge in [-0.1, -0.05) is 43.3 Å². The highest BCUT2D eigenvalue weighted by Gasteiger charge is 2.21. The van der Waals surface area contributed by atoms with Crippen LogP contribution in [0.1, 0.15) is 18.1 Å². The summed E-state index contributed by atoms with van der Waals surface area (Å²) in [6.07, 6.45) is 0.448. The van der Waals surface area contributed by atoms with Gasteiger partial charge in [0.15, 0.2) is 11.5 Å². The molecule has 3 N–H and O–H groups in total. The topological polar surface area (TPSA) is 81.0 Å². The molecular weight excluding hydrogens is 306 g/mol. The smallest absolute Gasteiger partial charge is 0.226 e. The van der Waals surface area contributed by atoms with Crippen LogP contribution in [0.5, 0.6) is 11.5 Å². The normalized spacial score (nSPS) is 11.9. The van der Waals surface area contributed by atoms with Gasteiger partial charge in [-0.15, -0.1) is 0 Å². The van der Waals surface area contributed by atoms with Gasteiger partial charge in [0, 0.05) is 19.0 Å². The quantitative estimate of drug-likeness (QED) is 0.681. The third kappa shape index (κ3) is 4.73. The zero-order chi connectivity index (χ0) is 17.5. The Morgan fingerprint density at radius 3 is 2.38 bits per heavy atom. The first-order valence-corrected chi connectivity index (χ1v) is 7.95. The van der Waals surface area contributed by atoms with Crippen LogP contribution >= 0.6 is 0 Å². The van der Waals surface area contributed by atoms with E-state index in [1.165, 1.54) is 12.1 Å². The lowest BCUT2D eigenvalue weighted by molar-refractivity contribution is -0.136. The molecule has 2 aromatic carbocycles. The van der Waals surface area contributed by atoms with Gasteiger partial charge in [0.1, 0.15) is 0 Å². The molecule has 5 heteroatoms. The van der Waals surface area contributed by atoms with Crippen molar-refractivity contribution in [2.24, 2.45) is 5.92 Å². The summed E-state index contributed by atoms with van der Waals surface area (Å²) in [6.45, 7) is 2.46. The van der Waals surface area contributed by atoms with E-state index in [1.807, 2.05) is 37.3 Å². The molecule has 2 aromatic rings. The molecule has 24 heavy (non-hydrogen) atoms. The van der Waals surface area contributed by atoms with Gasteiger partial charge in [-0.25, -0.2) is 0 Å². The van der Waals surface area contributed by atoms with Gasteiger partial charge in [0.25, 0.3) is 0 Å². The van der Waals surface area contributed by atoms with Gasteiger partial charge >= 0.3 is 0 Å². The highest BCUT2D eigenvalue weighted by Crippen LogP contribution is 2.26. The van der Waals surface area contributed by atoms with E-state index in [1.54, 1.807) is 11.0 Å². The van der Waals surface area contributed by atoms with E-state index >= 15 is 0 Å². The number of phenols is 2. The molecule has 0 saturated heterocycles. The molecule has 1 atom stereocenters. The van der Waals surface area contributed by atoms with Gasteiger partial charge < -0.3 is 20.2 Å². The molecule has 0 fully saturated rings. The Morgan fingerprint density at radius 2 is 1.75 bits per heavy atom. The third-order valence-electron chi connectivity index (χ3n) is 3.90. The Labute approximate surface area is 141 Å². The molecule has 0 aromatic heterocycles. The molecule has 0 aliphatic carbocycles. The largest absolute Gasteiger partial charge is 0.504 e. The van der Waals surface area contributed by atoms with E-state index in [-0.39, 0.29) is 36.5 Å². The number of hydrogen-bond donors (Lipinski definition) is 3. The minimum absolute atomic E-state index is 0.0551. The van der Waals surface area contributed by atoms with E-state index in [0.717, 1.165) is 11.1 Å². The summed E-state index contributed by atoms with van der Waals surface area (Å²) in [6, 6.07) is 14.2. The van der Waals surface area contributed by atoms with Gasteiger partial charge in [-0.05, 0) is 29.7 Å². The van der Waals surface area contributed by atoms with Crippen LogP contribution in [0, 0.1) is 5.92 Å². The lowest BCUT2D eigenvalue weighted by atomic mass is 9.99. The third-order valence-corrected chi connectivity index (χ3v) is 3.90. The second-order valence-electron chi connectivity index (χ2n) is 5.90. The predicted molar refractivity (Wildman–Crippen MR) is 91.6 cm³/mol. The van der Waals surface area contributed by atoms with Crippen molar-refractivity contribution in [1.29, 1.82) is 0 Å². The van der Waals surface area contributed by atoms with Crippen LogP contribution in [-0.2, 0) is 17.8 Å². The monoisotopic (exact) mass is 329 g/mol. The molecule has 0 radical (unpaired) electrons. The molecule has 128 valence electrons. The maximum absolute atomic E-state index is 12.7. The summed E-state index contributed by atoms with van der Waals surface area (Å²) in [4.78, 5) is 14.3. The van der Waals surface area contributed by atoms with Crippen LogP contribution in [0.25, 0.3) is 0 Å². The number of rotatable bonds is 7.